The Hall–Kier alpha value is -1.09. The van der Waals surface area contributed by atoms with Gasteiger partial charge in [-0.25, -0.2) is 4.39 Å². The van der Waals surface area contributed by atoms with E-state index < -0.39 is 0 Å². The van der Waals surface area contributed by atoms with Crippen LogP contribution in [0.15, 0.2) is 18.2 Å². The molecule has 2 rings (SSSR count). The van der Waals surface area contributed by atoms with Crippen LogP contribution in [0.4, 0.5) is 10.1 Å². The van der Waals surface area contributed by atoms with Gasteiger partial charge in [0.15, 0.2) is 0 Å². The zero-order valence-corrected chi connectivity index (χ0v) is 13.4. The van der Waals surface area contributed by atoms with E-state index in [0.29, 0.717) is 6.54 Å². The van der Waals surface area contributed by atoms with Gasteiger partial charge < -0.3 is 10.2 Å². The molecule has 1 saturated heterocycles. The van der Waals surface area contributed by atoms with Crippen molar-refractivity contribution in [1.82, 2.24) is 5.32 Å². The van der Waals surface area contributed by atoms with Gasteiger partial charge in [0.25, 0.3) is 0 Å². The normalized spacial score (nSPS) is 18.6. The van der Waals surface area contributed by atoms with Crippen molar-refractivity contribution >= 4 is 5.69 Å². The first-order chi connectivity index (χ1) is 9.21. The van der Waals surface area contributed by atoms with Crippen LogP contribution in [0.2, 0.25) is 0 Å². The lowest BCUT2D eigenvalue weighted by Crippen LogP contribution is -2.40. The summed E-state index contributed by atoms with van der Waals surface area (Å²) in [4.78, 5) is 2.36. The van der Waals surface area contributed by atoms with E-state index in [-0.39, 0.29) is 16.9 Å². The molecule has 1 heterocycles. The Morgan fingerprint density at radius 3 is 2.55 bits per heavy atom. The molecule has 0 atom stereocenters. The number of anilines is 1. The van der Waals surface area contributed by atoms with Crippen molar-refractivity contribution < 1.29 is 4.39 Å². The average Bonchev–Trinajstić information content (AvgIpc) is 2.65. The van der Waals surface area contributed by atoms with E-state index in [1.54, 1.807) is 6.07 Å². The molecule has 20 heavy (non-hydrogen) atoms. The highest BCUT2D eigenvalue weighted by molar-refractivity contribution is 5.57. The predicted octanol–water partition coefficient (Wildman–Crippen LogP) is 4.09. The summed E-state index contributed by atoms with van der Waals surface area (Å²) in [5.41, 5.74) is 1.94. The molecule has 1 aromatic carbocycles. The third-order valence-corrected chi connectivity index (χ3v) is 4.08. The molecular weight excluding hydrogens is 251 g/mol. The van der Waals surface area contributed by atoms with Crippen LogP contribution in [-0.2, 0) is 6.54 Å². The Morgan fingerprint density at radius 2 is 2.00 bits per heavy atom. The highest BCUT2D eigenvalue weighted by atomic mass is 19.1. The maximum atomic E-state index is 14.3. The van der Waals surface area contributed by atoms with Crippen molar-refractivity contribution in [2.75, 3.05) is 11.4 Å². The van der Waals surface area contributed by atoms with Crippen molar-refractivity contribution in [3.05, 3.63) is 29.6 Å². The first-order valence-electron chi connectivity index (χ1n) is 7.51. The minimum absolute atomic E-state index is 0.0138. The summed E-state index contributed by atoms with van der Waals surface area (Å²) >= 11 is 0. The first kappa shape index (κ1) is 15.3. The Balaban J connectivity index is 2.31. The van der Waals surface area contributed by atoms with Gasteiger partial charge in [-0.1, -0.05) is 6.07 Å². The summed E-state index contributed by atoms with van der Waals surface area (Å²) in [5.74, 6) is -0.109. The molecule has 1 aromatic rings. The molecule has 0 aromatic heterocycles. The number of nitrogens with one attached hydrogen (secondary N) is 1. The number of hydrogen-bond donors (Lipinski definition) is 1. The Bertz CT molecular complexity index is 474. The number of hydrogen-bond acceptors (Lipinski definition) is 2. The fourth-order valence-corrected chi connectivity index (χ4v) is 2.88. The highest BCUT2D eigenvalue weighted by Gasteiger charge is 2.33. The molecule has 0 spiro atoms. The lowest BCUT2D eigenvalue weighted by molar-refractivity contribution is 0.417. The largest absolute Gasteiger partial charge is 0.366 e. The van der Waals surface area contributed by atoms with E-state index in [0.717, 1.165) is 24.2 Å². The molecule has 0 bridgehead atoms. The third kappa shape index (κ3) is 3.32. The fraction of sp³-hybridized carbons (Fsp3) is 0.647. The van der Waals surface area contributed by atoms with Crippen LogP contribution in [-0.4, -0.2) is 17.6 Å². The quantitative estimate of drug-likeness (QED) is 0.895. The lowest BCUT2D eigenvalue weighted by atomic mass is 10.00. The van der Waals surface area contributed by atoms with Crippen LogP contribution in [0.3, 0.4) is 0 Å². The topological polar surface area (TPSA) is 15.3 Å². The van der Waals surface area contributed by atoms with E-state index in [2.05, 4.69) is 50.9 Å². The van der Waals surface area contributed by atoms with Crippen LogP contribution in [0, 0.1) is 5.82 Å². The maximum absolute atomic E-state index is 14.3. The van der Waals surface area contributed by atoms with Gasteiger partial charge in [-0.05, 0) is 59.6 Å². The number of rotatable bonds is 3. The minimum Gasteiger partial charge on any atom is -0.366 e. The summed E-state index contributed by atoms with van der Waals surface area (Å²) in [5, 5.41) is 3.40. The number of halogens is 1. The molecule has 112 valence electrons. The van der Waals surface area contributed by atoms with Gasteiger partial charge in [0.2, 0.25) is 0 Å². The van der Waals surface area contributed by atoms with Gasteiger partial charge in [-0.2, -0.15) is 0 Å². The van der Waals surface area contributed by atoms with Crippen LogP contribution < -0.4 is 10.2 Å². The monoisotopic (exact) mass is 278 g/mol. The SMILES string of the molecule is CC(C)(C)NCc1c(F)cccc1N1CCCC1(C)C. The van der Waals surface area contributed by atoms with Crippen molar-refractivity contribution in [3.8, 4) is 0 Å². The molecule has 0 aliphatic carbocycles. The maximum Gasteiger partial charge on any atom is 0.129 e. The number of nitrogens with zero attached hydrogens (tertiary/aromatic N) is 1. The molecule has 2 nitrogen and oxygen atoms in total. The van der Waals surface area contributed by atoms with Crippen LogP contribution in [0.25, 0.3) is 0 Å². The van der Waals surface area contributed by atoms with Gasteiger partial charge in [0.1, 0.15) is 5.82 Å². The van der Waals surface area contributed by atoms with Gasteiger partial charge in [-0.15, -0.1) is 0 Å². The van der Waals surface area contributed by atoms with Crippen LogP contribution in [0.1, 0.15) is 53.0 Å². The lowest BCUT2D eigenvalue weighted by Gasteiger charge is -2.35. The van der Waals surface area contributed by atoms with Crippen molar-refractivity contribution in [2.45, 2.75) is 65.1 Å². The molecule has 0 radical (unpaired) electrons. The van der Waals surface area contributed by atoms with Gasteiger partial charge >= 0.3 is 0 Å². The molecule has 0 saturated carbocycles. The molecule has 1 fully saturated rings. The molecule has 3 heteroatoms. The summed E-state index contributed by atoms with van der Waals surface area (Å²) in [6.45, 7) is 12.4. The molecule has 1 N–H and O–H groups in total. The predicted molar refractivity (Wildman–Crippen MR) is 83.7 cm³/mol. The Labute approximate surface area is 122 Å². The Morgan fingerprint density at radius 1 is 1.30 bits per heavy atom. The standard InChI is InChI=1S/C17H27FN2/c1-16(2,3)19-12-13-14(18)8-6-9-15(13)20-11-7-10-17(20,4)5/h6,8-9,19H,7,10-12H2,1-5H3. The second kappa shape index (κ2) is 5.36. The number of benzene rings is 1. The molecule has 0 amide bonds. The summed E-state index contributed by atoms with van der Waals surface area (Å²) in [6, 6.07) is 5.43. The minimum atomic E-state index is -0.109. The van der Waals surface area contributed by atoms with Crippen molar-refractivity contribution in [3.63, 3.8) is 0 Å². The second-order valence-electron chi connectivity index (χ2n) is 7.41. The summed E-state index contributed by atoms with van der Waals surface area (Å²) < 4.78 is 14.3. The van der Waals surface area contributed by atoms with E-state index in [4.69, 9.17) is 0 Å². The van der Waals surface area contributed by atoms with Gasteiger partial charge in [0, 0.05) is 35.4 Å². The zero-order valence-electron chi connectivity index (χ0n) is 13.4. The molecule has 1 aliphatic rings. The first-order valence-corrected chi connectivity index (χ1v) is 7.51. The zero-order chi connectivity index (χ0) is 15.0. The second-order valence-corrected chi connectivity index (χ2v) is 7.41. The highest BCUT2D eigenvalue weighted by Crippen LogP contribution is 2.36. The third-order valence-electron chi connectivity index (χ3n) is 4.08. The molecular formula is C17H27FN2. The smallest absolute Gasteiger partial charge is 0.129 e. The van der Waals surface area contributed by atoms with Crippen molar-refractivity contribution in [1.29, 1.82) is 0 Å². The van der Waals surface area contributed by atoms with Crippen LogP contribution >= 0.6 is 0 Å². The van der Waals surface area contributed by atoms with Crippen LogP contribution in [0.5, 0.6) is 0 Å². The molecule has 0 unspecified atom stereocenters. The fourth-order valence-electron chi connectivity index (χ4n) is 2.88. The van der Waals surface area contributed by atoms with Gasteiger partial charge in [-0.3, -0.25) is 0 Å². The van der Waals surface area contributed by atoms with E-state index in [9.17, 15) is 4.39 Å². The van der Waals surface area contributed by atoms with Crippen molar-refractivity contribution in [2.24, 2.45) is 0 Å². The van der Waals surface area contributed by atoms with Gasteiger partial charge in [0.05, 0.1) is 0 Å². The van der Waals surface area contributed by atoms with E-state index >= 15 is 0 Å². The van der Waals surface area contributed by atoms with E-state index in [1.807, 2.05) is 6.07 Å². The summed E-state index contributed by atoms with van der Waals surface area (Å²) in [7, 11) is 0. The van der Waals surface area contributed by atoms with E-state index in [1.165, 1.54) is 6.42 Å². The summed E-state index contributed by atoms with van der Waals surface area (Å²) in [6.07, 6.45) is 2.34. The Kier molecular flexibility index (Phi) is 4.10. The molecule has 1 aliphatic heterocycles. The average molecular weight is 278 g/mol.